The van der Waals surface area contributed by atoms with Gasteiger partial charge in [0.25, 0.3) is 0 Å². The third-order valence-electron chi connectivity index (χ3n) is 4.35. The summed E-state index contributed by atoms with van der Waals surface area (Å²) in [6.45, 7) is 0.573. The van der Waals surface area contributed by atoms with Crippen molar-refractivity contribution in [1.29, 1.82) is 0 Å². The van der Waals surface area contributed by atoms with Crippen molar-refractivity contribution in [3.05, 3.63) is 60.4 Å². The number of rotatable bonds is 8. The SMILES string of the molecule is COc1cc(NC(=O)CSc2nc(NCc3ccccc3)nc3nc[nH]c23)ccc1O. The van der Waals surface area contributed by atoms with Gasteiger partial charge in [-0.05, 0) is 17.7 Å². The van der Waals surface area contributed by atoms with Crippen LogP contribution in [-0.4, -0.2) is 43.8 Å². The van der Waals surface area contributed by atoms with Crippen molar-refractivity contribution < 1.29 is 14.6 Å². The second-order valence-electron chi connectivity index (χ2n) is 6.52. The number of ether oxygens (including phenoxy) is 1. The maximum Gasteiger partial charge on any atom is 0.234 e. The van der Waals surface area contributed by atoms with Crippen LogP contribution >= 0.6 is 11.8 Å². The van der Waals surface area contributed by atoms with Gasteiger partial charge < -0.3 is 25.5 Å². The molecule has 0 bridgehead atoms. The number of aromatic amines is 1. The Morgan fingerprint density at radius 2 is 2.03 bits per heavy atom. The molecule has 4 aromatic rings. The van der Waals surface area contributed by atoms with Gasteiger partial charge >= 0.3 is 0 Å². The van der Waals surface area contributed by atoms with Gasteiger partial charge in [-0.25, -0.2) is 9.97 Å². The number of methoxy groups -OCH3 is 1. The van der Waals surface area contributed by atoms with Gasteiger partial charge in [-0.2, -0.15) is 4.98 Å². The molecule has 4 N–H and O–H groups in total. The zero-order valence-electron chi connectivity index (χ0n) is 16.6. The van der Waals surface area contributed by atoms with Gasteiger partial charge in [0.05, 0.1) is 19.2 Å². The second-order valence-corrected chi connectivity index (χ2v) is 7.48. The third kappa shape index (κ3) is 5.04. The predicted molar refractivity (Wildman–Crippen MR) is 119 cm³/mol. The number of benzene rings is 2. The van der Waals surface area contributed by atoms with Crippen LogP contribution in [0.3, 0.4) is 0 Å². The smallest absolute Gasteiger partial charge is 0.234 e. The molecule has 0 atom stereocenters. The van der Waals surface area contributed by atoms with Gasteiger partial charge in [0.1, 0.15) is 10.5 Å². The third-order valence-corrected chi connectivity index (χ3v) is 5.32. The summed E-state index contributed by atoms with van der Waals surface area (Å²) in [5.41, 5.74) is 2.83. The van der Waals surface area contributed by atoms with Crippen LogP contribution in [0.15, 0.2) is 59.9 Å². The van der Waals surface area contributed by atoms with Gasteiger partial charge in [0.15, 0.2) is 17.1 Å². The molecule has 0 spiro atoms. The van der Waals surface area contributed by atoms with E-state index in [1.165, 1.54) is 24.9 Å². The van der Waals surface area contributed by atoms with Gasteiger partial charge in [0, 0.05) is 18.3 Å². The molecule has 2 aromatic heterocycles. The fourth-order valence-electron chi connectivity index (χ4n) is 2.85. The zero-order valence-corrected chi connectivity index (χ0v) is 17.4. The van der Waals surface area contributed by atoms with Crippen LogP contribution in [0.2, 0.25) is 0 Å². The Balaban J connectivity index is 1.43. The minimum absolute atomic E-state index is 0.00743. The molecule has 10 heteroatoms. The van der Waals surface area contributed by atoms with E-state index in [0.717, 1.165) is 5.56 Å². The Morgan fingerprint density at radius 1 is 1.19 bits per heavy atom. The number of H-pyrrole nitrogens is 1. The number of aromatic nitrogens is 4. The number of nitrogens with one attached hydrogen (secondary N) is 3. The largest absolute Gasteiger partial charge is 0.504 e. The van der Waals surface area contributed by atoms with E-state index in [-0.39, 0.29) is 23.2 Å². The van der Waals surface area contributed by atoms with Crippen LogP contribution in [0.1, 0.15) is 5.56 Å². The number of imidazole rings is 1. The van der Waals surface area contributed by atoms with Crippen molar-refractivity contribution in [3.8, 4) is 11.5 Å². The first-order valence-corrected chi connectivity index (χ1v) is 10.4. The van der Waals surface area contributed by atoms with Gasteiger partial charge in [0.2, 0.25) is 11.9 Å². The molecule has 9 nitrogen and oxygen atoms in total. The van der Waals surface area contributed by atoms with E-state index in [4.69, 9.17) is 4.74 Å². The number of fused-ring (bicyclic) bond motifs is 1. The molecule has 0 fully saturated rings. The van der Waals surface area contributed by atoms with Crippen molar-refractivity contribution in [3.63, 3.8) is 0 Å². The minimum Gasteiger partial charge on any atom is -0.504 e. The lowest BCUT2D eigenvalue weighted by atomic mass is 10.2. The van der Waals surface area contributed by atoms with Crippen molar-refractivity contribution in [2.24, 2.45) is 0 Å². The number of nitrogens with zero attached hydrogens (tertiary/aromatic N) is 3. The van der Waals surface area contributed by atoms with E-state index in [2.05, 4.69) is 30.6 Å². The lowest BCUT2D eigenvalue weighted by Crippen LogP contribution is -2.14. The molecule has 158 valence electrons. The highest BCUT2D eigenvalue weighted by molar-refractivity contribution is 8.00. The van der Waals surface area contributed by atoms with Gasteiger partial charge in [-0.3, -0.25) is 4.79 Å². The quantitative estimate of drug-likeness (QED) is 0.188. The molecule has 0 saturated heterocycles. The standard InChI is InChI=1S/C21H20N6O3S/c1-30-16-9-14(7-8-15(16)28)25-17(29)11-31-20-18-19(24-12-23-18)26-21(27-20)22-10-13-5-3-2-4-6-13/h2-9,12,28H,10-11H2,1H3,(H,25,29)(H2,22,23,24,26,27). The van der Waals surface area contributed by atoms with Crippen molar-refractivity contribution >= 4 is 40.5 Å². The number of phenolic OH excluding ortho intramolecular Hbond substituents is 1. The van der Waals surface area contributed by atoms with E-state index >= 15 is 0 Å². The summed E-state index contributed by atoms with van der Waals surface area (Å²) in [4.78, 5) is 28.6. The van der Waals surface area contributed by atoms with Crippen LogP contribution < -0.4 is 15.4 Å². The Hall–Kier alpha value is -3.79. The highest BCUT2D eigenvalue weighted by atomic mass is 32.2. The summed E-state index contributed by atoms with van der Waals surface area (Å²) >= 11 is 1.28. The first-order chi connectivity index (χ1) is 15.1. The van der Waals surface area contributed by atoms with Crippen LogP contribution in [0.25, 0.3) is 11.2 Å². The second kappa shape index (κ2) is 9.35. The molecule has 0 aliphatic rings. The van der Waals surface area contributed by atoms with Crippen molar-refractivity contribution in [2.45, 2.75) is 11.6 Å². The summed E-state index contributed by atoms with van der Waals surface area (Å²) in [7, 11) is 1.45. The first-order valence-electron chi connectivity index (χ1n) is 9.41. The van der Waals surface area contributed by atoms with Crippen LogP contribution in [0.5, 0.6) is 11.5 Å². The molecule has 0 aliphatic heterocycles. The average Bonchev–Trinajstić information content (AvgIpc) is 3.27. The van der Waals surface area contributed by atoms with E-state index in [1.807, 2.05) is 30.3 Å². The summed E-state index contributed by atoms with van der Waals surface area (Å²) in [5.74, 6) is 0.645. The molecule has 2 heterocycles. The lowest BCUT2D eigenvalue weighted by molar-refractivity contribution is -0.113. The molecule has 0 unspecified atom stereocenters. The van der Waals surface area contributed by atoms with E-state index in [0.29, 0.717) is 34.4 Å². The number of carbonyl (C=O) groups is 1. The molecular weight excluding hydrogens is 416 g/mol. The summed E-state index contributed by atoms with van der Waals surface area (Å²) < 4.78 is 5.06. The maximum absolute atomic E-state index is 12.4. The number of hydrogen-bond acceptors (Lipinski definition) is 8. The number of amides is 1. The summed E-state index contributed by atoms with van der Waals surface area (Å²) in [6, 6.07) is 14.5. The summed E-state index contributed by atoms with van der Waals surface area (Å²) in [6.07, 6.45) is 1.55. The fraction of sp³-hybridized carbons (Fsp3) is 0.143. The highest BCUT2D eigenvalue weighted by Gasteiger charge is 2.13. The number of anilines is 2. The first kappa shape index (κ1) is 20.5. The molecule has 4 rings (SSSR count). The van der Waals surface area contributed by atoms with Crippen molar-refractivity contribution in [2.75, 3.05) is 23.5 Å². The molecule has 1 amide bonds. The van der Waals surface area contributed by atoms with Crippen molar-refractivity contribution in [1.82, 2.24) is 19.9 Å². The lowest BCUT2D eigenvalue weighted by Gasteiger charge is -2.09. The zero-order chi connectivity index (χ0) is 21.6. The van der Waals surface area contributed by atoms with Crippen LogP contribution in [0.4, 0.5) is 11.6 Å². The van der Waals surface area contributed by atoms with Crippen LogP contribution in [-0.2, 0) is 11.3 Å². The van der Waals surface area contributed by atoms with Gasteiger partial charge in [-0.15, -0.1) is 0 Å². The monoisotopic (exact) mass is 436 g/mol. The average molecular weight is 436 g/mol. The fourth-order valence-corrected chi connectivity index (χ4v) is 3.64. The number of hydrogen-bond donors (Lipinski definition) is 4. The number of phenols is 1. The molecule has 2 aromatic carbocycles. The highest BCUT2D eigenvalue weighted by Crippen LogP contribution is 2.29. The predicted octanol–water partition coefficient (Wildman–Crippen LogP) is 3.41. The van der Waals surface area contributed by atoms with Gasteiger partial charge in [-0.1, -0.05) is 42.1 Å². The van der Waals surface area contributed by atoms with Crippen LogP contribution in [0, 0.1) is 0 Å². The van der Waals surface area contributed by atoms with E-state index in [1.54, 1.807) is 18.5 Å². The molecule has 0 aliphatic carbocycles. The molecule has 0 saturated carbocycles. The topological polar surface area (TPSA) is 125 Å². The van der Waals surface area contributed by atoms with E-state index in [9.17, 15) is 9.90 Å². The Morgan fingerprint density at radius 3 is 2.84 bits per heavy atom. The van der Waals surface area contributed by atoms with E-state index < -0.39 is 0 Å². The summed E-state index contributed by atoms with van der Waals surface area (Å²) in [5, 5.41) is 16.3. The number of aromatic hydroxyl groups is 1. The Kier molecular flexibility index (Phi) is 6.18. The minimum atomic E-state index is -0.220. The Bertz CT molecular complexity index is 1200. The number of thioether (sulfide) groups is 1. The molecular formula is C21H20N6O3S. The number of carbonyl (C=O) groups excluding carboxylic acids is 1. The molecule has 0 radical (unpaired) electrons. The normalized spacial score (nSPS) is 10.7. The Labute approximate surface area is 182 Å². The molecule has 31 heavy (non-hydrogen) atoms. The maximum atomic E-state index is 12.4.